The molecule has 2 N–H and O–H groups in total. The summed E-state index contributed by atoms with van der Waals surface area (Å²) >= 11 is 3.38. The van der Waals surface area contributed by atoms with Gasteiger partial charge in [-0.3, -0.25) is 9.52 Å². The van der Waals surface area contributed by atoms with E-state index >= 15 is 0 Å². The molecule has 9 nitrogen and oxygen atoms in total. The summed E-state index contributed by atoms with van der Waals surface area (Å²) in [6, 6.07) is 25.5. The van der Waals surface area contributed by atoms with E-state index in [9.17, 15) is 18.0 Å². The van der Waals surface area contributed by atoms with Crippen molar-refractivity contribution < 1.29 is 27.5 Å². The first kappa shape index (κ1) is 29.5. The molecule has 0 atom stereocenters. The number of hydrazone groups is 1. The molecule has 210 valence electrons. The van der Waals surface area contributed by atoms with Crippen LogP contribution in [0.1, 0.15) is 39.6 Å². The zero-order valence-electron chi connectivity index (χ0n) is 21.9. The summed E-state index contributed by atoms with van der Waals surface area (Å²) in [6.07, 6.45) is 2.23. The van der Waals surface area contributed by atoms with Crippen LogP contribution in [0.4, 0.5) is 5.69 Å². The van der Waals surface area contributed by atoms with Crippen LogP contribution in [0.5, 0.6) is 11.5 Å². The summed E-state index contributed by atoms with van der Waals surface area (Å²) in [6.45, 7) is 2.60. The number of amides is 1. The van der Waals surface area contributed by atoms with E-state index in [1.807, 2.05) is 6.92 Å². The quantitative estimate of drug-likeness (QED) is 0.0899. The number of ether oxygens (including phenoxy) is 2. The molecule has 0 aliphatic carbocycles. The van der Waals surface area contributed by atoms with Crippen LogP contribution in [-0.2, 0) is 10.0 Å². The first-order valence-electron chi connectivity index (χ1n) is 12.5. The topological polar surface area (TPSA) is 123 Å². The van der Waals surface area contributed by atoms with Crippen molar-refractivity contribution in [2.75, 3.05) is 11.3 Å². The molecule has 4 aromatic carbocycles. The lowest BCUT2D eigenvalue weighted by molar-refractivity contribution is 0.0734. The fraction of sp³-hybridized carbons (Fsp3) is 0.100. The summed E-state index contributed by atoms with van der Waals surface area (Å²) < 4.78 is 39.3. The van der Waals surface area contributed by atoms with Gasteiger partial charge in [-0.2, -0.15) is 5.10 Å². The van der Waals surface area contributed by atoms with Gasteiger partial charge < -0.3 is 9.47 Å². The Balaban J connectivity index is 1.38. The number of sulfonamides is 1. The molecule has 0 aliphatic heterocycles. The molecule has 0 spiro atoms. The maximum Gasteiger partial charge on any atom is 0.343 e. The van der Waals surface area contributed by atoms with Crippen LogP contribution in [0.15, 0.2) is 112 Å². The molecule has 4 aromatic rings. The van der Waals surface area contributed by atoms with E-state index in [0.717, 1.165) is 10.9 Å². The second kappa shape index (κ2) is 13.7. The number of esters is 1. The normalized spacial score (nSPS) is 11.2. The van der Waals surface area contributed by atoms with Crippen molar-refractivity contribution in [3.8, 4) is 11.5 Å². The second-order valence-corrected chi connectivity index (χ2v) is 11.2. The van der Waals surface area contributed by atoms with Gasteiger partial charge in [0.1, 0.15) is 11.5 Å². The number of carbonyl (C=O) groups is 2. The Morgan fingerprint density at radius 2 is 1.59 bits per heavy atom. The van der Waals surface area contributed by atoms with Crippen molar-refractivity contribution in [1.82, 2.24) is 5.43 Å². The van der Waals surface area contributed by atoms with Gasteiger partial charge in [-0.15, -0.1) is 0 Å². The highest BCUT2D eigenvalue weighted by Crippen LogP contribution is 2.23. The van der Waals surface area contributed by atoms with Crippen molar-refractivity contribution in [3.05, 3.63) is 118 Å². The monoisotopic (exact) mass is 635 g/mol. The second-order valence-electron chi connectivity index (χ2n) is 8.64. The molecular weight excluding hydrogens is 610 g/mol. The van der Waals surface area contributed by atoms with Gasteiger partial charge >= 0.3 is 5.97 Å². The minimum atomic E-state index is -3.75. The lowest BCUT2D eigenvalue weighted by Gasteiger charge is -2.09. The third-order valence-corrected chi connectivity index (χ3v) is 7.45. The summed E-state index contributed by atoms with van der Waals surface area (Å²) in [4.78, 5) is 25.4. The summed E-state index contributed by atoms with van der Waals surface area (Å²) in [5.41, 5.74) is 3.78. The molecule has 0 radical (unpaired) electrons. The highest BCUT2D eigenvalue weighted by molar-refractivity contribution is 9.10. The van der Waals surface area contributed by atoms with Gasteiger partial charge in [0.15, 0.2) is 0 Å². The zero-order chi connectivity index (χ0) is 29.2. The van der Waals surface area contributed by atoms with E-state index in [0.29, 0.717) is 29.2 Å². The molecule has 0 saturated carbocycles. The van der Waals surface area contributed by atoms with E-state index in [-0.39, 0.29) is 16.2 Å². The van der Waals surface area contributed by atoms with Crippen LogP contribution >= 0.6 is 15.9 Å². The first-order valence-corrected chi connectivity index (χ1v) is 14.8. The Morgan fingerprint density at radius 1 is 0.902 bits per heavy atom. The van der Waals surface area contributed by atoms with Gasteiger partial charge in [-0.1, -0.05) is 41.1 Å². The Bertz CT molecular complexity index is 1640. The number of hydrogen-bond donors (Lipinski definition) is 2. The van der Waals surface area contributed by atoms with Gasteiger partial charge in [0.05, 0.1) is 23.3 Å². The number of benzene rings is 4. The molecule has 0 aliphatic rings. The summed E-state index contributed by atoms with van der Waals surface area (Å²) in [5.74, 6) is -0.162. The number of nitrogens with one attached hydrogen (secondary N) is 2. The van der Waals surface area contributed by atoms with Crippen LogP contribution in [0.2, 0.25) is 0 Å². The Morgan fingerprint density at radius 3 is 2.27 bits per heavy atom. The molecule has 41 heavy (non-hydrogen) atoms. The van der Waals surface area contributed by atoms with Crippen molar-refractivity contribution in [3.63, 3.8) is 0 Å². The molecule has 11 heteroatoms. The van der Waals surface area contributed by atoms with Gasteiger partial charge in [-0.25, -0.2) is 18.6 Å². The smallest absolute Gasteiger partial charge is 0.343 e. The number of rotatable bonds is 11. The van der Waals surface area contributed by atoms with Crippen molar-refractivity contribution in [2.45, 2.75) is 18.2 Å². The molecule has 0 fully saturated rings. The van der Waals surface area contributed by atoms with Crippen molar-refractivity contribution in [2.24, 2.45) is 5.10 Å². The lowest BCUT2D eigenvalue weighted by Crippen LogP contribution is -2.18. The Hall–Kier alpha value is -4.48. The Labute approximate surface area is 246 Å². The Kier molecular flexibility index (Phi) is 9.88. The van der Waals surface area contributed by atoms with Gasteiger partial charge in [0, 0.05) is 21.3 Å². The van der Waals surface area contributed by atoms with Crippen molar-refractivity contribution >= 4 is 49.7 Å². The average molecular weight is 637 g/mol. The minimum absolute atomic E-state index is 0.128. The summed E-state index contributed by atoms with van der Waals surface area (Å²) in [5, 5.41) is 4.00. The van der Waals surface area contributed by atoms with Gasteiger partial charge in [-0.05, 0) is 85.3 Å². The van der Waals surface area contributed by atoms with E-state index < -0.39 is 21.9 Å². The maximum atomic E-state index is 12.7. The average Bonchev–Trinajstić information content (AvgIpc) is 2.98. The largest absolute Gasteiger partial charge is 0.494 e. The molecule has 4 rings (SSSR count). The molecule has 1 amide bonds. The van der Waals surface area contributed by atoms with Crippen LogP contribution < -0.4 is 19.6 Å². The van der Waals surface area contributed by atoms with Crippen molar-refractivity contribution in [1.29, 1.82) is 0 Å². The number of carbonyl (C=O) groups excluding carboxylic acids is 2. The third-order valence-electron chi connectivity index (χ3n) is 5.56. The number of anilines is 1. The van der Waals surface area contributed by atoms with E-state index in [4.69, 9.17) is 9.47 Å². The van der Waals surface area contributed by atoms with Crippen LogP contribution in [-0.4, -0.2) is 33.1 Å². The molecule has 0 saturated heterocycles. The van der Waals surface area contributed by atoms with E-state index in [1.165, 1.54) is 42.6 Å². The fourth-order valence-corrected chi connectivity index (χ4v) is 4.97. The molecule has 0 bridgehead atoms. The van der Waals surface area contributed by atoms with E-state index in [1.54, 1.807) is 60.7 Å². The van der Waals surface area contributed by atoms with Crippen LogP contribution in [0, 0.1) is 0 Å². The van der Waals surface area contributed by atoms with Crippen LogP contribution in [0.3, 0.4) is 0 Å². The predicted octanol–water partition coefficient (Wildman–Crippen LogP) is 6.02. The zero-order valence-corrected chi connectivity index (χ0v) is 24.3. The minimum Gasteiger partial charge on any atom is -0.494 e. The molecule has 0 heterocycles. The van der Waals surface area contributed by atoms with Gasteiger partial charge in [0.2, 0.25) is 0 Å². The standard InChI is InChI=1S/C30H26BrN3O6S/c1-2-18-39-26-15-10-22(11-16-26)30(36)40-28-17-12-24(31)19-23(28)20-32-33-29(35)21-8-13-25(14-9-21)34-41(37,38)27-6-4-3-5-7-27/h3-17,19-20,34H,2,18H2,1H3,(H,33,35)/b32-20+. The summed E-state index contributed by atoms with van der Waals surface area (Å²) in [7, 11) is -3.75. The fourth-order valence-electron chi connectivity index (χ4n) is 3.51. The molecular formula is C30H26BrN3O6S. The first-order chi connectivity index (χ1) is 19.7. The predicted molar refractivity (Wildman–Crippen MR) is 160 cm³/mol. The highest BCUT2D eigenvalue weighted by Gasteiger charge is 2.15. The highest BCUT2D eigenvalue weighted by atomic mass is 79.9. The SMILES string of the molecule is CCCOc1ccc(C(=O)Oc2ccc(Br)cc2/C=N/NC(=O)c2ccc(NS(=O)(=O)c3ccccc3)cc2)cc1. The maximum absolute atomic E-state index is 12.7. The lowest BCUT2D eigenvalue weighted by atomic mass is 10.2. The number of halogens is 1. The van der Waals surface area contributed by atoms with Gasteiger partial charge in [0.25, 0.3) is 15.9 Å². The van der Waals surface area contributed by atoms with Crippen LogP contribution in [0.25, 0.3) is 0 Å². The number of hydrogen-bond acceptors (Lipinski definition) is 7. The van der Waals surface area contributed by atoms with E-state index in [2.05, 4.69) is 31.2 Å². The third kappa shape index (κ3) is 8.26. The number of nitrogens with zero attached hydrogens (tertiary/aromatic N) is 1. The molecule has 0 unspecified atom stereocenters. The molecule has 0 aromatic heterocycles.